The van der Waals surface area contributed by atoms with Crippen LogP contribution in [0.4, 0.5) is 0 Å². The minimum absolute atomic E-state index is 0.144. The fourth-order valence-electron chi connectivity index (χ4n) is 2.07. The third-order valence-electron chi connectivity index (χ3n) is 3.07. The first-order chi connectivity index (χ1) is 9.29. The van der Waals surface area contributed by atoms with Gasteiger partial charge in [-0.15, -0.1) is 0 Å². The maximum absolute atomic E-state index is 11.8. The number of rotatable bonds is 9. The van der Waals surface area contributed by atoms with E-state index in [1.54, 1.807) is 7.11 Å². The molecule has 1 fully saturated rings. The number of esters is 1. The van der Waals surface area contributed by atoms with Gasteiger partial charge in [0.05, 0.1) is 13.2 Å². The summed E-state index contributed by atoms with van der Waals surface area (Å²) in [7, 11) is 1.69. The third-order valence-corrected chi connectivity index (χ3v) is 3.07. The molecule has 1 saturated heterocycles. The van der Waals surface area contributed by atoms with Gasteiger partial charge in [-0.25, -0.2) is 0 Å². The van der Waals surface area contributed by atoms with Crippen molar-refractivity contribution >= 4 is 5.97 Å². The number of piperazine rings is 1. The highest BCUT2D eigenvalue weighted by molar-refractivity contribution is 5.76. The van der Waals surface area contributed by atoms with Crippen molar-refractivity contribution in [1.29, 1.82) is 0 Å². The summed E-state index contributed by atoms with van der Waals surface area (Å²) in [5.74, 6) is -0.144. The molecule has 1 N–H and O–H groups in total. The van der Waals surface area contributed by atoms with E-state index in [4.69, 9.17) is 14.2 Å². The molecule has 1 aliphatic heterocycles. The Morgan fingerprint density at radius 2 is 2.21 bits per heavy atom. The number of carbonyl (C=O) groups is 1. The number of carbonyl (C=O) groups excluding carboxylic acids is 1. The molecule has 0 aromatic carbocycles. The molecule has 112 valence electrons. The number of hydrogen-bond acceptors (Lipinski definition) is 6. The van der Waals surface area contributed by atoms with E-state index in [1.807, 2.05) is 6.92 Å². The second-order valence-corrected chi connectivity index (χ2v) is 4.47. The van der Waals surface area contributed by atoms with E-state index in [1.165, 1.54) is 0 Å². The van der Waals surface area contributed by atoms with Crippen molar-refractivity contribution in [2.45, 2.75) is 19.4 Å². The fraction of sp³-hybridized carbons (Fsp3) is 0.923. The molecule has 1 unspecified atom stereocenters. The van der Waals surface area contributed by atoms with Crippen LogP contribution in [0.25, 0.3) is 0 Å². The Bertz CT molecular complexity index is 251. The normalized spacial score (nSPS) is 20.4. The van der Waals surface area contributed by atoms with Gasteiger partial charge in [0.15, 0.2) is 0 Å². The number of hydrogen-bond donors (Lipinski definition) is 1. The zero-order valence-electron chi connectivity index (χ0n) is 12.0. The van der Waals surface area contributed by atoms with E-state index in [0.717, 1.165) is 32.7 Å². The predicted octanol–water partition coefficient (Wildman–Crippen LogP) is -0.124. The molecule has 1 aliphatic rings. The van der Waals surface area contributed by atoms with Crippen molar-refractivity contribution in [3.63, 3.8) is 0 Å². The molecule has 0 aromatic rings. The molecule has 1 heterocycles. The van der Waals surface area contributed by atoms with Crippen LogP contribution in [0, 0.1) is 0 Å². The zero-order chi connectivity index (χ0) is 13.9. The van der Waals surface area contributed by atoms with Crippen molar-refractivity contribution in [3.8, 4) is 0 Å². The molecular weight excluding hydrogens is 248 g/mol. The van der Waals surface area contributed by atoms with Crippen LogP contribution in [0.5, 0.6) is 0 Å². The molecule has 1 atom stereocenters. The van der Waals surface area contributed by atoms with Crippen LogP contribution in [0.15, 0.2) is 0 Å². The van der Waals surface area contributed by atoms with Crippen LogP contribution >= 0.6 is 0 Å². The summed E-state index contributed by atoms with van der Waals surface area (Å²) in [6.45, 7) is 7.49. The van der Waals surface area contributed by atoms with Gasteiger partial charge in [-0.1, -0.05) is 0 Å². The van der Waals surface area contributed by atoms with Gasteiger partial charge in [-0.3, -0.25) is 9.69 Å². The number of nitrogens with one attached hydrogen (secondary N) is 1. The predicted molar refractivity (Wildman–Crippen MR) is 72.2 cm³/mol. The van der Waals surface area contributed by atoms with Gasteiger partial charge in [0.25, 0.3) is 0 Å². The van der Waals surface area contributed by atoms with Gasteiger partial charge in [0, 0.05) is 46.5 Å². The first-order valence-electron chi connectivity index (χ1n) is 6.97. The molecule has 19 heavy (non-hydrogen) atoms. The van der Waals surface area contributed by atoms with Gasteiger partial charge >= 0.3 is 5.97 Å². The Morgan fingerprint density at radius 1 is 1.37 bits per heavy atom. The largest absolute Gasteiger partial charge is 0.465 e. The van der Waals surface area contributed by atoms with Gasteiger partial charge in [0.1, 0.15) is 6.04 Å². The van der Waals surface area contributed by atoms with Gasteiger partial charge in [-0.2, -0.15) is 0 Å². The van der Waals surface area contributed by atoms with E-state index in [9.17, 15) is 4.79 Å². The Balaban J connectivity index is 2.22. The molecule has 0 radical (unpaired) electrons. The maximum Gasteiger partial charge on any atom is 0.324 e. The highest BCUT2D eigenvalue weighted by Gasteiger charge is 2.29. The average Bonchev–Trinajstić information content (AvgIpc) is 2.43. The lowest BCUT2D eigenvalue weighted by atomic mass is 10.2. The first-order valence-corrected chi connectivity index (χ1v) is 6.97. The monoisotopic (exact) mass is 274 g/mol. The zero-order valence-corrected chi connectivity index (χ0v) is 12.0. The van der Waals surface area contributed by atoms with Crippen LogP contribution in [0.2, 0.25) is 0 Å². The smallest absolute Gasteiger partial charge is 0.324 e. The van der Waals surface area contributed by atoms with E-state index in [2.05, 4.69) is 10.2 Å². The molecule has 1 rings (SSSR count). The highest BCUT2D eigenvalue weighted by atomic mass is 16.5. The fourth-order valence-corrected chi connectivity index (χ4v) is 2.07. The lowest BCUT2D eigenvalue weighted by molar-refractivity contribution is -0.150. The second kappa shape index (κ2) is 10.1. The van der Waals surface area contributed by atoms with E-state index in [0.29, 0.717) is 26.4 Å². The Kier molecular flexibility index (Phi) is 8.73. The van der Waals surface area contributed by atoms with Crippen molar-refractivity contribution in [3.05, 3.63) is 0 Å². The highest BCUT2D eigenvalue weighted by Crippen LogP contribution is 2.05. The van der Waals surface area contributed by atoms with Crippen molar-refractivity contribution in [2.24, 2.45) is 0 Å². The van der Waals surface area contributed by atoms with Crippen LogP contribution in [-0.2, 0) is 19.0 Å². The van der Waals surface area contributed by atoms with E-state index < -0.39 is 0 Å². The molecule has 0 spiro atoms. The molecular formula is C13H26N2O4. The van der Waals surface area contributed by atoms with Crippen LogP contribution in [0.1, 0.15) is 13.3 Å². The van der Waals surface area contributed by atoms with Gasteiger partial charge < -0.3 is 19.5 Å². The first kappa shape index (κ1) is 16.4. The van der Waals surface area contributed by atoms with Crippen molar-refractivity contribution in [1.82, 2.24) is 10.2 Å². The van der Waals surface area contributed by atoms with Crippen molar-refractivity contribution < 1.29 is 19.0 Å². The van der Waals surface area contributed by atoms with Crippen LogP contribution < -0.4 is 5.32 Å². The topological polar surface area (TPSA) is 60.0 Å². The Morgan fingerprint density at radius 3 is 2.95 bits per heavy atom. The molecule has 0 amide bonds. The summed E-state index contributed by atoms with van der Waals surface area (Å²) in [6.07, 6.45) is 0.902. The Labute approximate surface area is 115 Å². The minimum Gasteiger partial charge on any atom is -0.465 e. The summed E-state index contributed by atoms with van der Waals surface area (Å²) in [4.78, 5) is 14.0. The minimum atomic E-state index is -0.184. The molecule has 6 heteroatoms. The summed E-state index contributed by atoms with van der Waals surface area (Å²) in [5.41, 5.74) is 0. The number of ether oxygens (including phenoxy) is 3. The summed E-state index contributed by atoms with van der Waals surface area (Å²) in [5, 5.41) is 3.22. The maximum atomic E-state index is 11.8. The van der Waals surface area contributed by atoms with Crippen LogP contribution in [0.3, 0.4) is 0 Å². The molecule has 0 aromatic heterocycles. The number of nitrogens with zero attached hydrogens (tertiary/aromatic N) is 1. The van der Waals surface area contributed by atoms with Crippen LogP contribution in [-0.4, -0.2) is 76.6 Å². The second-order valence-electron chi connectivity index (χ2n) is 4.47. The SMILES string of the molecule is CCOC(=O)C1CNCCN1CCOCCCOC. The summed E-state index contributed by atoms with van der Waals surface area (Å²) >= 11 is 0. The van der Waals surface area contributed by atoms with Gasteiger partial charge in [0.2, 0.25) is 0 Å². The summed E-state index contributed by atoms with van der Waals surface area (Å²) < 4.78 is 15.6. The van der Waals surface area contributed by atoms with Crippen molar-refractivity contribution in [2.75, 3.05) is 59.7 Å². The molecule has 6 nitrogen and oxygen atoms in total. The van der Waals surface area contributed by atoms with E-state index >= 15 is 0 Å². The Hall–Kier alpha value is -0.690. The summed E-state index contributed by atoms with van der Waals surface area (Å²) in [6, 6.07) is -0.184. The molecule has 0 saturated carbocycles. The third kappa shape index (κ3) is 6.33. The number of methoxy groups -OCH3 is 1. The quantitative estimate of drug-likeness (QED) is 0.467. The van der Waals surface area contributed by atoms with E-state index in [-0.39, 0.29) is 12.0 Å². The van der Waals surface area contributed by atoms with Gasteiger partial charge in [-0.05, 0) is 13.3 Å². The molecule has 0 aliphatic carbocycles. The lowest BCUT2D eigenvalue weighted by Crippen LogP contribution is -2.56. The average molecular weight is 274 g/mol. The lowest BCUT2D eigenvalue weighted by Gasteiger charge is -2.34. The molecule has 0 bridgehead atoms. The standard InChI is InChI=1S/C13H26N2O4/c1-3-19-13(16)12-11-14-5-6-15(12)7-10-18-9-4-8-17-2/h12,14H,3-11H2,1-2H3.